The van der Waals surface area contributed by atoms with Crippen molar-refractivity contribution in [3.8, 4) is 0 Å². The van der Waals surface area contributed by atoms with Crippen LogP contribution in [0.3, 0.4) is 0 Å². The first-order valence-corrected chi connectivity index (χ1v) is 10.0. The predicted octanol–water partition coefficient (Wildman–Crippen LogP) is 6.14. The number of hydrogen-bond donors (Lipinski definition) is 0. The van der Waals surface area contributed by atoms with E-state index in [1.54, 1.807) is 0 Å². The summed E-state index contributed by atoms with van der Waals surface area (Å²) in [7, 11) is 0. The molecule has 3 nitrogen and oxygen atoms in total. The average molecular weight is 387 g/mol. The maximum atomic E-state index is 13.7. The van der Waals surface area contributed by atoms with E-state index in [1.165, 1.54) is 10.5 Å². The van der Waals surface area contributed by atoms with Gasteiger partial charge in [0.05, 0.1) is 11.3 Å². The minimum absolute atomic E-state index is 0.269. The summed E-state index contributed by atoms with van der Waals surface area (Å²) in [6.07, 6.45) is 7.16. The Kier molecular flexibility index (Phi) is 3.53. The highest BCUT2D eigenvalue weighted by atomic mass is 16.2. The van der Waals surface area contributed by atoms with Crippen LogP contribution in [-0.2, 0) is 0 Å². The first kappa shape index (κ1) is 16.9. The summed E-state index contributed by atoms with van der Waals surface area (Å²) in [6.45, 7) is 0. The minimum Gasteiger partial charge on any atom is -0.268 e. The van der Waals surface area contributed by atoms with Gasteiger partial charge in [-0.15, -0.1) is 0 Å². The Morgan fingerprint density at radius 1 is 0.767 bits per heavy atom. The van der Waals surface area contributed by atoms with Gasteiger partial charge in [0.15, 0.2) is 0 Å². The van der Waals surface area contributed by atoms with Gasteiger partial charge in [-0.3, -0.25) is 9.59 Å². The van der Waals surface area contributed by atoms with Crippen LogP contribution in [0.2, 0.25) is 0 Å². The molecule has 6 rings (SSSR count). The quantitative estimate of drug-likeness (QED) is 0.306. The smallest absolute Gasteiger partial charge is 0.266 e. The van der Waals surface area contributed by atoms with E-state index in [4.69, 9.17) is 0 Å². The normalized spacial score (nSPS) is 15.3. The summed E-state index contributed by atoms with van der Waals surface area (Å²) >= 11 is 0. The summed E-state index contributed by atoms with van der Waals surface area (Å²) in [6, 6.07) is 23.2. The fourth-order valence-electron chi connectivity index (χ4n) is 4.57. The van der Waals surface area contributed by atoms with Crippen LogP contribution in [0.25, 0.3) is 27.1 Å². The van der Waals surface area contributed by atoms with Crippen LogP contribution in [0.1, 0.15) is 32.7 Å². The SMILES string of the molecule is O=C1c2cccc3cc4ccccc4c(c23)C(=O)N1c1ccc(C2=CC=CC2)cc1. The molecule has 2 aliphatic rings. The van der Waals surface area contributed by atoms with E-state index >= 15 is 0 Å². The van der Waals surface area contributed by atoms with Crippen molar-refractivity contribution in [2.75, 3.05) is 4.90 Å². The second-order valence-electron chi connectivity index (χ2n) is 7.69. The number of nitrogens with zero attached hydrogens (tertiary/aromatic N) is 1. The Bertz CT molecular complexity index is 1440. The van der Waals surface area contributed by atoms with Gasteiger partial charge in [-0.2, -0.15) is 0 Å². The van der Waals surface area contributed by atoms with Gasteiger partial charge in [0.1, 0.15) is 0 Å². The average Bonchev–Trinajstić information content (AvgIpc) is 3.32. The second kappa shape index (κ2) is 6.26. The molecule has 0 aromatic heterocycles. The Morgan fingerprint density at radius 2 is 1.57 bits per heavy atom. The van der Waals surface area contributed by atoms with Crippen LogP contribution < -0.4 is 4.90 Å². The number of rotatable bonds is 2. The molecule has 1 aliphatic carbocycles. The third kappa shape index (κ3) is 2.32. The van der Waals surface area contributed by atoms with Crippen molar-refractivity contribution in [3.63, 3.8) is 0 Å². The van der Waals surface area contributed by atoms with E-state index in [-0.39, 0.29) is 11.8 Å². The van der Waals surface area contributed by atoms with Crippen molar-refractivity contribution in [2.24, 2.45) is 0 Å². The van der Waals surface area contributed by atoms with Crippen molar-refractivity contribution in [2.45, 2.75) is 6.42 Å². The van der Waals surface area contributed by atoms with E-state index in [9.17, 15) is 9.59 Å². The molecule has 0 atom stereocenters. The van der Waals surface area contributed by atoms with E-state index in [1.807, 2.05) is 78.9 Å². The predicted molar refractivity (Wildman–Crippen MR) is 121 cm³/mol. The first-order valence-electron chi connectivity index (χ1n) is 10.0. The molecule has 4 aromatic carbocycles. The third-order valence-electron chi connectivity index (χ3n) is 6.01. The van der Waals surface area contributed by atoms with Crippen LogP contribution in [0, 0.1) is 0 Å². The van der Waals surface area contributed by atoms with Crippen molar-refractivity contribution in [1.29, 1.82) is 0 Å². The lowest BCUT2D eigenvalue weighted by molar-refractivity contribution is 0.0894. The molecular formula is C27H17NO2. The number of amides is 2. The molecule has 142 valence electrons. The molecular weight excluding hydrogens is 370 g/mol. The maximum absolute atomic E-state index is 13.7. The zero-order valence-electron chi connectivity index (χ0n) is 16.1. The number of hydrogen-bond acceptors (Lipinski definition) is 2. The molecule has 2 amide bonds. The number of carbonyl (C=O) groups is 2. The van der Waals surface area contributed by atoms with Gasteiger partial charge in [-0.25, -0.2) is 4.90 Å². The van der Waals surface area contributed by atoms with Crippen LogP contribution in [0.4, 0.5) is 5.69 Å². The van der Waals surface area contributed by atoms with Crippen LogP contribution in [-0.4, -0.2) is 11.8 Å². The molecule has 0 saturated heterocycles. The fraction of sp³-hybridized carbons (Fsp3) is 0.0370. The van der Waals surface area contributed by atoms with Gasteiger partial charge in [-0.1, -0.05) is 66.8 Å². The van der Waals surface area contributed by atoms with Crippen molar-refractivity contribution < 1.29 is 9.59 Å². The van der Waals surface area contributed by atoms with E-state index < -0.39 is 0 Å². The number of fused-ring (bicyclic) bond motifs is 2. The maximum Gasteiger partial charge on any atom is 0.266 e. The minimum atomic E-state index is -0.275. The molecule has 0 spiro atoms. The Labute approximate surface area is 173 Å². The number of anilines is 1. The molecule has 3 heteroatoms. The van der Waals surface area contributed by atoms with Crippen molar-refractivity contribution in [1.82, 2.24) is 0 Å². The molecule has 0 N–H and O–H groups in total. The van der Waals surface area contributed by atoms with Gasteiger partial charge >= 0.3 is 0 Å². The lowest BCUT2D eigenvalue weighted by atomic mass is 9.89. The lowest BCUT2D eigenvalue weighted by Crippen LogP contribution is -2.40. The van der Waals surface area contributed by atoms with Gasteiger partial charge in [0.25, 0.3) is 11.8 Å². The summed E-state index contributed by atoms with van der Waals surface area (Å²) < 4.78 is 0. The molecule has 0 unspecified atom stereocenters. The highest BCUT2D eigenvalue weighted by Crippen LogP contribution is 2.37. The molecule has 1 aliphatic heterocycles. The van der Waals surface area contributed by atoms with Crippen LogP contribution >= 0.6 is 0 Å². The second-order valence-corrected chi connectivity index (χ2v) is 7.69. The van der Waals surface area contributed by atoms with Gasteiger partial charge in [0.2, 0.25) is 0 Å². The molecule has 4 aromatic rings. The number of carbonyl (C=O) groups excluding carboxylic acids is 2. The molecule has 0 fully saturated rings. The number of allylic oxidation sites excluding steroid dienone is 4. The van der Waals surface area contributed by atoms with E-state index in [2.05, 4.69) is 12.2 Å². The Morgan fingerprint density at radius 3 is 2.37 bits per heavy atom. The van der Waals surface area contributed by atoms with Gasteiger partial charge in [-0.05, 0) is 58.0 Å². The zero-order valence-corrected chi connectivity index (χ0v) is 16.1. The van der Waals surface area contributed by atoms with Crippen molar-refractivity contribution >= 4 is 44.6 Å². The summed E-state index contributed by atoms with van der Waals surface area (Å²) in [5.74, 6) is -0.544. The lowest BCUT2D eigenvalue weighted by Gasteiger charge is -2.28. The molecule has 30 heavy (non-hydrogen) atoms. The third-order valence-corrected chi connectivity index (χ3v) is 6.01. The number of imide groups is 1. The standard InChI is InChI=1S/C27H17NO2/c29-26-23-11-5-9-20-16-19-8-3-4-10-22(19)25(24(20)23)27(30)28(26)21-14-12-18(13-15-21)17-6-1-2-7-17/h1-6,8-16H,7H2. The summed E-state index contributed by atoms with van der Waals surface area (Å²) in [4.78, 5) is 28.3. The van der Waals surface area contributed by atoms with Gasteiger partial charge < -0.3 is 0 Å². The van der Waals surface area contributed by atoms with Gasteiger partial charge in [0, 0.05) is 10.9 Å². The zero-order chi connectivity index (χ0) is 20.2. The van der Waals surface area contributed by atoms with Crippen LogP contribution in [0.5, 0.6) is 0 Å². The molecule has 0 bridgehead atoms. The first-order chi connectivity index (χ1) is 14.7. The fourth-order valence-corrected chi connectivity index (χ4v) is 4.57. The highest BCUT2D eigenvalue weighted by molar-refractivity contribution is 6.39. The van der Waals surface area contributed by atoms with E-state index in [0.717, 1.165) is 33.5 Å². The topological polar surface area (TPSA) is 37.4 Å². The molecule has 0 radical (unpaired) electrons. The summed E-state index contributed by atoms with van der Waals surface area (Å²) in [5.41, 5.74) is 4.10. The summed E-state index contributed by atoms with van der Waals surface area (Å²) in [5, 5.41) is 3.54. The molecule has 0 saturated carbocycles. The van der Waals surface area contributed by atoms with Crippen molar-refractivity contribution in [3.05, 3.63) is 108 Å². The Balaban J connectivity index is 1.55. The highest BCUT2D eigenvalue weighted by Gasteiger charge is 2.35. The largest absolute Gasteiger partial charge is 0.268 e. The van der Waals surface area contributed by atoms with E-state index in [0.29, 0.717) is 16.8 Å². The molecule has 1 heterocycles. The number of benzene rings is 4. The van der Waals surface area contributed by atoms with Crippen LogP contribution in [0.15, 0.2) is 91.0 Å². The Hall–Kier alpha value is -3.98. The monoisotopic (exact) mass is 387 g/mol.